The minimum absolute atomic E-state index is 0.00765. The Labute approximate surface area is 218 Å². The van der Waals surface area contributed by atoms with Crippen molar-refractivity contribution in [1.82, 2.24) is 5.32 Å². The van der Waals surface area contributed by atoms with E-state index < -0.39 is 28.9 Å². The lowest BCUT2D eigenvalue weighted by Gasteiger charge is -2.50. The molecule has 3 fully saturated rings. The van der Waals surface area contributed by atoms with Crippen molar-refractivity contribution in [2.75, 3.05) is 0 Å². The number of carbonyl (C=O) groups is 3. The quantitative estimate of drug-likeness (QED) is 0.417. The first-order chi connectivity index (χ1) is 17.4. The average Bonchev–Trinajstić information content (AvgIpc) is 3.23. The summed E-state index contributed by atoms with van der Waals surface area (Å²) >= 11 is 0. The fourth-order valence-corrected chi connectivity index (χ4v) is 9.56. The number of hydrogen-bond acceptors (Lipinski definition) is 5. The summed E-state index contributed by atoms with van der Waals surface area (Å²) in [7, 11) is 0. The van der Waals surface area contributed by atoms with Crippen molar-refractivity contribution >= 4 is 17.8 Å². The number of imide groups is 1. The van der Waals surface area contributed by atoms with Crippen molar-refractivity contribution in [3.05, 3.63) is 54.1 Å². The topological polar surface area (TPSA) is 81.7 Å². The lowest BCUT2D eigenvalue weighted by atomic mass is 9.53. The maximum atomic E-state index is 14.9. The van der Waals surface area contributed by atoms with Crippen LogP contribution in [0.5, 0.6) is 5.75 Å². The van der Waals surface area contributed by atoms with Crippen LogP contribution < -0.4 is 10.1 Å². The maximum Gasteiger partial charge on any atom is 0.415 e. The molecule has 3 aliphatic carbocycles. The van der Waals surface area contributed by atoms with E-state index in [0.29, 0.717) is 11.8 Å². The molecule has 0 aromatic heterocycles. The van der Waals surface area contributed by atoms with E-state index in [4.69, 9.17) is 9.47 Å². The summed E-state index contributed by atoms with van der Waals surface area (Å²) in [5.74, 6) is 0.231. The van der Waals surface area contributed by atoms with Crippen molar-refractivity contribution in [3.63, 3.8) is 0 Å². The first-order valence-corrected chi connectivity index (χ1v) is 13.6. The molecule has 6 heteroatoms. The second-order valence-electron chi connectivity index (χ2n) is 13.0. The molecule has 3 heterocycles. The Kier molecular flexibility index (Phi) is 5.16. The number of hydrogen-bond donors (Lipinski definition) is 1. The summed E-state index contributed by atoms with van der Waals surface area (Å²) in [6.45, 7) is 15.4. The van der Waals surface area contributed by atoms with E-state index in [1.54, 1.807) is 0 Å². The van der Waals surface area contributed by atoms with E-state index in [1.165, 1.54) is 5.57 Å². The zero-order valence-corrected chi connectivity index (χ0v) is 22.4. The Hall–Kier alpha value is -2.89. The summed E-state index contributed by atoms with van der Waals surface area (Å²) in [4.78, 5) is 40.7. The average molecular weight is 504 g/mol. The Balaban J connectivity index is 1.64. The number of rotatable bonds is 1. The summed E-state index contributed by atoms with van der Waals surface area (Å²) in [5.41, 5.74) is -0.724. The van der Waals surface area contributed by atoms with Crippen LogP contribution in [0.25, 0.3) is 0 Å². The van der Waals surface area contributed by atoms with Crippen LogP contribution in [0.2, 0.25) is 0 Å². The van der Waals surface area contributed by atoms with Gasteiger partial charge in [-0.05, 0) is 60.6 Å². The van der Waals surface area contributed by atoms with Gasteiger partial charge in [0.15, 0.2) is 5.78 Å². The molecule has 3 aliphatic heterocycles. The Bertz CT molecular complexity index is 1230. The van der Waals surface area contributed by atoms with Gasteiger partial charge in [0.1, 0.15) is 11.9 Å². The molecule has 2 saturated carbocycles. The first-order valence-electron chi connectivity index (χ1n) is 13.6. The van der Waals surface area contributed by atoms with Crippen molar-refractivity contribution in [1.29, 1.82) is 0 Å². The second kappa shape index (κ2) is 7.81. The van der Waals surface area contributed by atoms with Crippen molar-refractivity contribution in [2.24, 2.45) is 46.3 Å². The SMILES string of the molecule is C=CC1(C)C=C(C)C2C3C(Oc4ccc(cc4)CC4(OC(=O)NC4=O)C(=O)C31)C1C(C)CC(C)CC21C. The molecule has 196 valence electrons. The van der Waals surface area contributed by atoms with Crippen molar-refractivity contribution in [3.8, 4) is 5.75 Å². The Morgan fingerprint density at radius 3 is 2.41 bits per heavy atom. The normalized spacial score (nSPS) is 46.2. The van der Waals surface area contributed by atoms with Gasteiger partial charge in [-0.2, -0.15) is 0 Å². The van der Waals surface area contributed by atoms with Crippen molar-refractivity contribution < 1.29 is 23.9 Å². The van der Waals surface area contributed by atoms with Crippen LogP contribution >= 0.6 is 0 Å². The molecular weight excluding hydrogens is 466 g/mol. The van der Waals surface area contributed by atoms with Crippen LogP contribution in [-0.2, 0) is 20.7 Å². The van der Waals surface area contributed by atoms with Gasteiger partial charge in [0.05, 0.1) is 0 Å². The van der Waals surface area contributed by atoms with E-state index in [1.807, 2.05) is 37.3 Å². The predicted octanol–water partition coefficient (Wildman–Crippen LogP) is 5.27. The minimum Gasteiger partial charge on any atom is -0.490 e. The highest BCUT2D eigenvalue weighted by Gasteiger charge is 2.70. The summed E-state index contributed by atoms with van der Waals surface area (Å²) in [6.07, 6.45) is 5.08. The fraction of sp³-hybridized carbons (Fsp3) is 0.581. The number of nitrogens with one attached hydrogen (secondary N) is 1. The lowest BCUT2D eigenvalue weighted by Crippen LogP contribution is -2.58. The van der Waals surface area contributed by atoms with E-state index in [0.717, 1.165) is 24.2 Å². The number of Topliss-reactive ketones (excluding diaryl/α,β-unsaturated/α-hetero) is 1. The van der Waals surface area contributed by atoms with Gasteiger partial charge in [-0.15, -0.1) is 6.58 Å². The molecule has 10 unspecified atom stereocenters. The largest absolute Gasteiger partial charge is 0.490 e. The molecule has 6 aliphatic rings. The van der Waals surface area contributed by atoms with Crippen LogP contribution in [0, 0.1) is 46.3 Å². The number of ether oxygens (including phenoxy) is 2. The molecule has 2 amide bonds. The van der Waals surface area contributed by atoms with Crippen molar-refractivity contribution in [2.45, 2.75) is 65.6 Å². The van der Waals surface area contributed by atoms with Crippen LogP contribution in [0.4, 0.5) is 4.79 Å². The zero-order valence-electron chi connectivity index (χ0n) is 22.4. The highest BCUT2D eigenvalue weighted by Crippen LogP contribution is 2.68. The third kappa shape index (κ3) is 3.20. The number of ketones is 1. The monoisotopic (exact) mass is 503 g/mol. The molecule has 6 nitrogen and oxygen atoms in total. The number of amides is 2. The number of benzene rings is 1. The minimum atomic E-state index is -1.92. The van der Waals surface area contributed by atoms with Gasteiger partial charge in [0.25, 0.3) is 11.5 Å². The van der Waals surface area contributed by atoms with Gasteiger partial charge in [-0.3, -0.25) is 14.9 Å². The van der Waals surface area contributed by atoms with Crippen LogP contribution in [0.1, 0.15) is 53.0 Å². The van der Waals surface area contributed by atoms with Gasteiger partial charge in [0, 0.05) is 29.6 Å². The molecule has 10 atom stereocenters. The molecule has 7 rings (SSSR count). The molecule has 1 aromatic carbocycles. The zero-order chi connectivity index (χ0) is 26.5. The third-order valence-electron chi connectivity index (χ3n) is 10.5. The molecular formula is C31H37NO5. The van der Waals surface area contributed by atoms with Gasteiger partial charge >= 0.3 is 6.09 Å². The summed E-state index contributed by atoms with van der Waals surface area (Å²) in [5, 5.41) is 2.26. The molecule has 0 radical (unpaired) electrons. The Morgan fingerprint density at radius 2 is 1.78 bits per heavy atom. The van der Waals surface area contributed by atoms with Gasteiger partial charge < -0.3 is 9.47 Å². The number of fused-ring (bicyclic) bond motifs is 4. The standard InChI is InChI=1S/C31H37NO5/c1-7-29(5)14-18(4)22-21-24(29)26(33)31(27(34)32-28(35)37-31)15-19-8-10-20(11-9-19)36-25(21)23-17(3)12-16(2)13-30(22,23)6/h7-11,14,16-17,21-25H,1,12-13,15H2,2-6H3,(H,32,34,35). The van der Waals surface area contributed by atoms with Gasteiger partial charge in [-0.1, -0.05) is 57.6 Å². The number of alkyl carbamates (subject to hydrolysis) is 1. The van der Waals surface area contributed by atoms with Crippen LogP contribution in [0.15, 0.2) is 48.6 Å². The molecule has 1 spiro atoms. The number of allylic oxidation sites excluding steroid dienone is 3. The lowest BCUT2D eigenvalue weighted by molar-refractivity contribution is -0.154. The Morgan fingerprint density at radius 1 is 1.08 bits per heavy atom. The molecule has 1 saturated heterocycles. The molecule has 37 heavy (non-hydrogen) atoms. The van der Waals surface area contributed by atoms with Gasteiger partial charge in [0.2, 0.25) is 0 Å². The van der Waals surface area contributed by atoms with Crippen LogP contribution in [0.3, 0.4) is 0 Å². The smallest absolute Gasteiger partial charge is 0.415 e. The fourth-order valence-electron chi connectivity index (χ4n) is 9.56. The van der Waals surface area contributed by atoms with E-state index in [9.17, 15) is 14.4 Å². The highest BCUT2D eigenvalue weighted by molar-refractivity contribution is 6.18. The van der Waals surface area contributed by atoms with Crippen LogP contribution in [-0.4, -0.2) is 29.5 Å². The molecule has 2 bridgehead atoms. The maximum absolute atomic E-state index is 14.9. The second-order valence-corrected chi connectivity index (χ2v) is 13.0. The van der Waals surface area contributed by atoms with Gasteiger partial charge in [-0.25, -0.2) is 4.79 Å². The highest BCUT2D eigenvalue weighted by atomic mass is 16.6. The van der Waals surface area contributed by atoms with E-state index in [2.05, 4.69) is 45.7 Å². The van der Waals surface area contributed by atoms with E-state index >= 15 is 0 Å². The third-order valence-corrected chi connectivity index (χ3v) is 10.5. The summed E-state index contributed by atoms with van der Waals surface area (Å²) in [6, 6.07) is 7.57. The molecule has 1 N–H and O–H groups in total. The number of carbonyl (C=O) groups excluding carboxylic acids is 3. The first kappa shape index (κ1) is 24.4. The predicted molar refractivity (Wildman–Crippen MR) is 139 cm³/mol. The molecule has 1 aromatic rings. The summed E-state index contributed by atoms with van der Waals surface area (Å²) < 4.78 is 12.6. The van der Waals surface area contributed by atoms with E-state index in [-0.39, 0.29) is 41.5 Å².